The van der Waals surface area contributed by atoms with Gasteiger partial charge in [0.05, 0.1) is 11.0 Å². The number of halogens is 1. The van der Waals surface area contributed by atoms with Crippen molar-refractivity contribution in [3.63, 3.8) is 0 Å². The first kappa shape index (κ1) is 11.3. The average Bonchev–Trinajstić information content (AvgIpc) is 2.73. The highest BCUT2D eigenvalue weighted by Crippen LogP contribution is 2.25. The molecule has 1 N–H and O–H groups in total. The summed E-state index contributed by atoms with van der Waals surface area (Å²) < 4.78 is 0. The summed E-state index contributed by atoms with van der Waals surface area (Å²) in [6.45, 7) is 4.10. The van der Waals surface area contributed by atoms with Crippen molar-refractivity contribution < 1.29 is 0 Å². The Labute approximate surface area is 111 Å². The lowest BCUT2D eigenvalue weighted by Crippen LogP contribution is -1.82. The summed E-state index contributed by atoms with van der Waals surface area (Å²) in [5.74, 6) is 0.866. The predicted molar refractivity (Wildman–Crippen MR) is 76.0 cm³/mol. The summed E-state index contributed by atoms with van der Waals surface area (Å²) in [7, 11) is 0. The molecule has 2 nitrogen and oxygen atoms in total. The molecule has 3 heteroatoms. The Bertz CT molecular complexity index is 708. The van der Waals surface area contributed by atoms with Crippen molar-refractivity contribution in [2.24, 2.45) is 0 Å². The van der Waals surface area contributed by atoms with Crippen LogP contribution in [0.4, 0.5) is 0 Å². The highest BCUT2D eigenvalue weighted by atomic mass is 35.5. The molecule has 0 bridgehead atoms. The second-order valence-corrected chi connectivity index (χ2v) is 5.01. The third kappa shape index (κ3) is 1.89. The summed E-state index contributed by atoms with van der Waals surface area (Å²) in [6, 6.07) is 12.1. The standard InChI is InChI=1S/C15H13ClN2/c1-9-6-11(8-12(16)7-9)15-17-13-5-3-4-10(2)14(13)18-15/h3-8H,1-2H3,(H,17,18). The molecule has 18 heavy (non-hydrogen) atoms. The monoisotopic (exact) mass is 256 g/mol. The van der Waals surface area contributed by atoms with Gasteiger partial charge in [-0.1, -0.05) is 23.7 Å². The second-order valence-electron chi connectivity index (χ2n) is 4.57. The SMILES string of the molecule is Cc1cc(Cl)cc(-c2nc3c(C)cccc3[nH]2)c1. The van der Waals surface area contributed by atoms with Crippen LogP contribution in [-0.2, 0) is 0 Å². The first-order chi connectivity index (χ1) is 8.63. The summed E-state index contributed by atoms with van der Waals surface area (Å²) in [5, 5.41) is 0.738. The minimum absolute atomic E-state index is 0.738. The van der Waals surface area contributed by atoms with Crippen LogP contribution >= 0.6 is 11.6 Å². The van der Waals surface area contributed by atoms with Gasteiger partial charge in [0.15, 0.2) is 0 Å². The molecule has 90 valence electrons. The van der Waals surface area contributed by atoms with E-state index in [9.17, 15) is 0 Å². The van der Waals surface area contributed by atoms with E-state index in [-0.39, 0.29) is 0 Å². The number of nitrogens with one attached hydrogen (secondary N) is 1. The minimum Gasteiger partial charge on any atom is -0.338 e. The van der Waals surface area contributed by atoms with Gasteiger partial charge in [-0.25, -0.2) is 4.98 Å². The fraction of sp³-hybridized carbons (Fsp3) is 0.133. The van der Waals surface area contributed by atoms with Crippen LogP contribution < -0.4 is 0 Å². The first-order valence-corrected chi connectivity index (χ1v) is 6.24. The molecule has 0 radical (unpaired) electrons. The number of para-hydroxylation sites is 1. The number of imidazole rings is 1. The van der Waals surface area contributed by atoms with E-state index in [0.29, 0.717) is 0 Å². The number of hydrogen-bond acceptors (Lipinski definition) is 1. The lowest BCUT2D eigenvalue weighted by atomic mass is 10.1. The van der Waals surface area contributed by atoms with Gasteiger partial charge in [0.2, 0.25) is 0 Å². The Hall–Kier alpha value is -1.80. The molecule has 0 amide bonds. The Balaban J connectivity index is 2.22. The maximum Gasteiger partial charge on any atom is 0.138 e. The molecule has 1 heterocycles. The fourth-order valence-corrected chi connectivity index (χ4v) is 2.47. The molecule has 0 fully saturated rings. The van der Waals surface area contributed by atoms with Crippen LogP contribution in [0.1, 0.15) is 11.1 Å². The number of fused-ring (bicyclic) bond motifs is 1. The highest BCUT2D eigenvalue weighted by molar-refractivity contribution is 6.30. The van der Waals surface area contributed by atoms with E-state index in [1.165, 1.54) is 5.56 Å². The van der Waals surface area contributed by atoms with E-state index >= 15 is 0 Å². The summed E-state index contributed by atoms with van der Waals surface area (Å²) >= 11 is 6.09. The number of aryl methyl sites for hydroxylation is 2. The lowest BCUT2D eigenvalue weighted by Gasteiger charge is -2.00. The van der Waals surface area contributed by atoms with E-state index in [1.54, 1.807) is 0 Å². The van der Waals surface area contributed by atoms with E-state index < -0.39 is 0 Å². The topological polar surface area (TPSA) is 28.7 Å². The van der Waals surface area contributed by atoms with Crippen LogP contribution in [0.3, 0.4) is 0 Å². The maximum atomic E-state index is 6.09. The van der Waals surface area contributed by atoms with Crippen LogP contribution in [0.5, 0.6) is 0 Å². The van der Waals surface area contributed by atoms with E-state index in [0.717, 1.165) is 33.0 Å². The number of benzene rings is 2. The van der Waals surface area contributed by atoms with Gasteiger partial charge >= 0.3 is 0 Å². The normalized spacial score (nSPS) is 11.1. The molecule has 0 aliphatic rings. The van der Waals surface area contributed by atoms with Crippen molar-refractivity contribution in [1.82, 2.24) is 9.97 Å². The van der Waals surface area contributed by atoms with E-state index in [4.69, 9.17) is 11.6 Å². The predicted octanol–water partition coefficient (Wildman–Crippen LogP) is 4.50. The van der Waals surface area contributed by atoms with E-state index in [1.807, 2.05) is 31.2 Å². The zero-order chi connectivity index (χ0) is 12.7. The molecule has 3 rings (SSSR count). The van der Waals surface area contributed by atoms with Gasteiger partial charge in [0, 0.05) is 10.6 Å². The highest BCUT2D eigenvalue weighted by Gasteiger charge is 2.07. The summed E-state index contributed by atoms with van der Waals surface area (Å²) in [4.78, 5) is 7.99. The molecule has 0 unspecified atom stereocenters. The molecule has 1 aromatic heterocycles. The van der Waals surface area contributed by atoms with Crippen molar-refractivity contribution in [2.45, 2.75) is 13.8 Å². The zero-order valence-electron chi connectivity index (χ0n) is 10.3. The van der Waals surface area contributed by atoms with Gasteiger partial charge < -0.3 is 4.98 Å². The third-order valence-electron chi connectivity index (χ3n) is 3.03. The minimum atomic E-state index is 0.738. The summed E-state index contributed by atoms with van der Waals surface area (Å²) in [5.41, 5.74) is 5.41. The Morgan fingerprint density at radius 3 is 2.67 bits per heavy atom. The molecule has 3 aromatic rings. The van der Waals surface area contributed by atoms with Crippen LogP contribution in [0.15, 0.2) is 36.4 Å². The van der Waals surface area contributed by atoms with E-state index in [2.05, 4.69) is 29.0 Å². The second kappa shape index (κ2) is 4.14. The van der Waals surface area contributed by atoms with Crippen molar-refractivity contribution in [3.8, 4) is 11.4 Å². The van der Waals surface area contributed by atoms with Gasteiger partial charge in [0.25, 0.3) is 0 Å². The molecular weight excluding hydrogens is 244 g/mol. The van der Waals surface area contributed by atoms with Gasteiger partial charge in [0.1, 0.15) is 5.82 Å². The Kier molecular flexibility index (Phi) is 2.60. The largest absolute Gasteiger partial charge is 0.338 e. The first-order valence-electron chi connectivity index (χ1n) is 5.86. The van der Waals surface area contributed by atoms with Crippen molar-refractivity contribution in [3.05, 3.63) is 52.5 Å². The maximum absolute atomic E-state index is 6.09. The number of nitrogens with zero attached hydrogens (tertiary/aromatic N) is 1. The summed E-state index contributed by atoms with van der Waals surface area (Å²) in [6.07, 6.45) is 0. The van der Waals surface area contributed by atoms with Gasteiger partial charge in [-0.05, 0) is 49.2 Å². The van der Waals surface area contributed by atoms with Crippen LogP contribution in [0.25, 0.3) is 22.4 Å². The Morgan fingerprint density at radius 1 is 1.11 bits per heavy atom. The van der Waals surface area contributed by atoms with Gasteiger partial charge in [-0.15, -0.1) is 0 Å². The number of aromatic amines is 1. The molecule has 0 aliphatic carbocycles. The number of rotatable bonds is 1. The molecule has 2 aromatic carbocycles. The fourth-order valence-electron chi connectivity index (χ4n) is 2.19. The van der Waals surface area contributed by atoms with Crippen molar-refractivity contribution in [2.75, 3.05) is 0 Å². The van der Waals surface area contributed by atoms with Crippen LogP contribution in [-0.4, -0.2) is 9.97 Å². The quantitative estimate of drug-likeness (QED) is 0.682. The molecule has 0 spiro atoms. The lowest BCUT2D eigenvalue weighted by molar-refractivity contribution is 1.32. The van der Waals surface area contributed by atoms with Crippen molar-refractivity contribution >= 4 is 22.6 Å². The van der Waals surface area contributed by atoms with Gasteiger partial charge in [-0.3, -0.25) is 0 Å². The molecule has 0 saturated carbocycles. The smallest absolute Gasteiger partial charge is 0.138 e. The molecule has 0 atom stereocenters. The van der Waals surface area contributed by atoms with Crippen LogP contribution in [0.2, 0.25) is 5.02 Å². The van der Waals surface area contributed by atoms with Crippen molar-refractivity contribution in [1.29, 1.82) is 0 Å². The number of hydrogen-bond donors (Lipinski definition) is 1. The zero-order valence-corrected chi connectivity index (χ0v) is 11.0. The molecule has 0 aliphatic heterocycles. The van der Waals surface area contributed by atoms with Gasteiger partial charge in [-0.2, -0.15) is 0 Å². The number of aromatic nitrogens is 2. The average molecular weight is 257 g/mol. The number of H-pyrrole nitrogens is 1. The third-order valence-corrected chi connectivity index (χ3v) is 3.25. The van der Waals surface area contributed by atoms with Crippen LogP contribution in [0, 0.1) is 13.8 Å². The molecular formula is C15H13ClN2. The molecule has 0 saturated heterocycles. The Morgan fingerprint density at radius 2 is 1.94 bits per heavy atom.